The van der Waals surface area contributed by atoms with Gasteiger partial charge in [0.1, 0.15) is 5.75 Å². The maximum absolute atomic E-state index is 11.1. The molecule has 0 amide bonds. The van der Waals surface area contributed by atoms with Crippen LogP contribution in [0.5, 0.6) is 5.75 Å². The average Bonchev–Trinajstić information content (AvgIpc) is 3.41. The van der Waals surface area contributed by atoms with E-state index in [-0.39, 0.29) is 5.41 Å². The van der Waals surface area contributed by atoms with Crippen LogP contribution < -0.4 is 0 Å². The first kappa shape index (κ1) is 15.2. The van der Waals surface area contributed by atoms with Gasteiger partial charge in [-0.3, -0.25) is 0 Å². The Kier molecular flexibility index (Phi) is 2.69. The topological polar surface area (TPSA) is 20.2 Å². The van der Waals surface area contributed by atoms with Crippen molar-refractivity contribution in [3.8, 4) is 16.9 Å². The van der Waals surface area contributed by atoms with Crippen LogP contribution >= 0.6 is 0 Å². The summed E-state index contributed by atoms with van der Waals surface area (Å²) >= 11 is 0. The normalized spacial score (nSPS) is 27.0. The van der Waals surface area contributed by atoms with Gasteiger partial charge in [0.25, 0.3) is 0 Å². The molecule has 2 fully saturated rings. The fraction of sp³-hybridized carbons (Fsp3) is 0.259. The summed E-state index contributed by atoms with van der Waals surface area (Å²) < 4.78 is 0. The second kappa shape index (κ2) is 4.97. The minimum absolute atomic E-state index is 0.117. The van der Waals surface area contributed by atoms with Crippen molar-refractivity contribution in [3.63, 3.8) is 0 Å². The number of hydrogen-bond acceptors (Lipinski definition) is 1. The third kappa shape index (κ3) is 1.65. The molecule has 0 heterocycles. The zero-order valence-electron chi connectivity index (χ0n) is 15.8. The van der Waals surface area contributed by atoms with Crippen LogP contribution in [0.1, 0.15) is 36.8 Å². The molecule has 0 aromatic heterocycles. The SMILES string of the molecule is Oc1cc2c(c3cc4ccccc4cc13)-c1ccccc1C21CC2CCC1C2. The highest BCUT2D eigenvalue weighted by molar-refractivity contribution is 6.10. The fourth-order valence-electron chi connectivity index (χ4n) is 6.96. The number of benzene rings is 4. The van der Waals surface area contributed by atoms with E-state index >= 15 is 0 Å². The Balaban J connectivity index is 1.66. The Morgan fingerprint density at radius 1 is 0.786 bits per heavy atom. The van der Waals surface area contributed by atoms with Gasteiger partial charge in [-0.25, -0.2) is 0 Å². The molecular formula is C27H22O. The number of fused-ring (bicyclic) bond motifs is 11. The monoisotopic (exact) mass is 362 g/mol. The molecule has 7 rings (SSSR count). The Morgan fingerprint density at radius 3 is 2.29 bits per heavy atom. The maximum atomic E-state index is 11.1. The van der Waals surface area contributed by atoms with Crippen molar-refractivity contribution in [1.82, 2.24) is 0 Å². The number of rotatable bonds is 0. The molecule has 1 N–H and O–H groups in total. The number of phenolic OH excluding ortho intramolecular Hbond substituents is 1. The van der Waals surface area contributed by atoms with Gasteiger partial charge in [-0.1, -0.05) is 55.0 Å². The van der Waals surface area contributed by atoms with Crippen LogP contribution in [-0.2, 0) is 5.41 Å². The summed E-state index contributed by atoms with van der Waals surface area (Å²) in [6.45, 7) is 0. The maximum Gasteiger partial charge on any atom is 0.123 e. The zero-order valence-corrected chi connectivity index (χ0v) is 15.8. The van der Waals surface area contributed by atoms with Crippen molar-refractivity contribution in [1.29, 1.82) is 0 Å². The molecule has 28 heavy (non-hydrogen) atoms. The average molecular weight is 362 g/mol. The first-order valence-corrected chi connectivity index (χ1v) is 10.5. The fourth-order valence-corrected chi connectivity index (χ4v) is 6.96. The van der Waals surface area contributed by atoms with Gasteiger partial charge in [-0.2, -0.15) is 0 Å². The summed E-state index contributed by atoms with van der Waals surface area (Å²) in [6.07, 6.45) is 5.31. The Hall–Kier alpha value is -2.80. The summed E-state index contributed by atoms with van der Waals surface area (Å²) in [4.78, 5) is 0. The Bertz CT molecular complexity index is 1300. The molecule has 2 bridgehead atoms. The van der Waals surface area contributed by atoms with Crippen molar-refractivity contribution >= 4 is 21.5 Å². The lowest BCUT2D eigenvalue weighted by atomic mass is 9.66. The van der Waals surface area contributed by atoms with E-state index in [2.05, 4.69) is 66.7 Å². The Morgan fingerprint density at radius 2 is 1.54 bits per heavy atom. The smallest absolute Gasteiger partial charge is 0.123 e. The predicted octanol–water partition coefficient (Wildman–Crippen LogP) is 6.79. The van der Waals surface area contributed by atoms with Gasteiger partial charge >= 0.3 is 0 Å². The second-order valence-electron chi connectivity index (χ2n) is 9.16. The summed E-state index contributed by atoms with van der Waals surface area (Å²) in [5.41, 5.74) is 5.79. The van der Waals surface area contributed by atoms with Crippen LogP contribution in [0.3, 0.4) is 0 Å². The van der Waals surface area contributed by atoms with Gasteiger partial charge in [0, 0.05) is 10.8 Å². The van der Waals surface area contributed by atoms with Crippen molar-refractivity contribution in [2.75, 3.05) is 0 Å². The van der Waals surface area contributed by atoms with E-state index in [9.17, 15) is 5.11 Å². The van der Waals surface area contributed by atoms with Crippen molar-refractivity contribution < 1.29 is 5.11 Å². The summed E-state index contributed by atoms with van der Waals surface area (Å²) in [5.74, 6) is 2.00. The molecule has 4 aromatic rings. The van der Waals surface area contributed by atoms with Gasteiger partial charge in [0.2, 0.25) is 0 Å². The molecule has 0 radical (unpaired) electrons. The minimum Gasteiger partial charge on any atom is -0.507 e. The van der Waals surface area contributed by atoms with E-state index in [0.717, 1.165) is 17.2 Å². The van der Waals surface area contributed by atoms with E-state index < -0.39 is 0 Å². The molecule has 3 aliphatic rings. The van der Waals surface area contributed by atoms with Gasteiger partial charge in [-0.05, 0) is 87.7 Å². The van der Waals surface area contributed by atoms with Crippen LogP contribution in [0.15, 0.2) is 66.7 Å². The predicted molar refractivity (Wildman–Crippen MR) is 115 cm³/mol. The summed E-state index contributed by atoms with van der Waals surface area (Å²) in [6, 6.07) is 24.1. The molecule has 4 aromatic carbocycles. The van der Waals surface area contributed by atoms with Crippen molar-refractivity contribution in [2.24, 2.45) is 11.8 Å². The second-order valence-corrected chi connectivity index (χ2v) is 9.16. The third-order valence-corrected chi connectivity index (χ3v) is 7.99. The van der Waals surface area contributed by atoms with Crippen LogP contribution in [0.4, 0.5) is 0 Å². The van der Waals surface area contributed by atoms with E-state index in [1.165, 1.54) is 64.1 Å². The van der Waals surface area contributed by atoms with E-state index in [1.807, 2.05) is 0 Å². The molecular weight excluding hydrogens is 340 g/mol. The molecule has 0 saturated heterocycles. The largest absolute Gasteiger partial charge is 0.507 e. The van der Waals surface area contributed by atoms with Crippen molar-refractivity contribution in [3.05, 3.63) is 77.9 Å². The van der Waals surface area contributed by atoms with Gasteiger partial charge < -0.3 is 5.11 Å². The molecule has 1 heteroatoms. The van der Waals surface area contributed by atoms with E-state index in [4.69, 9.17) is 0 Å². The molecule has 1 spiro atoms. The first-order chi connectivity index (χ1) is 13.8. The molecule has 136 valence electrons. The van der Waals surface area contributed by atoms with Gasteiger partial charge in [-0.15, -0.1) is 0 Å². The Labute approximate surface area is 164 Å². The molecule has 2 saturated carbocycles. The van der Waals surface area contributed by atoms with Gasteiger partial charge in [0.15, 0.2) is 0 Å². The number of hydrogen-bond donors (Lipinski definition) is 1. The standard InChI is InChI=1S/C27H22O/c28-25-14-24-26(22-13-18-6-2-1-5-17(18)12-21(22)25)20-7-3-4-8-23(20)27(24)15-16-9-10-19(27)11-16/h1-8,12-14,16,19,28H,9-11,15H2. The van der Waals surface area contributed by atoms with E-state index in [1.54, 1.807) is 0 Å². The minimum atomic E-state index is 0.117. The summed E-state index contributed by atoms with van der Waals surface area (Å²) in [7, 11) is 0. The lowest BCUT2D eigenvalue weighted by molar-refractivity contribution is 0.326. The van der Waals surface area contributed by atoms with Crippen molar-refractivity contribution in [2.45, 2.75) is 31.1 Å². The molecule has 3 unspecified atom stereocenters. The third-order valence-electron chi connectivity index (χ3n) is 7.99. The molecule has 3 aliphatic carbocycles. The highest BCUT2D eigenvalue weighted by atomic mass is 16.3. The first-order valence-electron chi connectivity index (χ1n) is 10.5. The molecule has 3 atom stereocenters. The van der Waals surface area contributed by atoms with Crippen LogP contribution in [0.25, 0.3) is 32.7 Å². The van der Waals surface area contributed by atoms with E-state index in [0.29, 0.717) is 5.75 Å². The lowest BCUT2D eigenvalue weighted by Gasteiger charge is -2.36. The molecule has 0 aliphatic heterocycles. The van der Waals surface area contributed by atoms with Crippen LogP contribution in [-0.4, -0.2) is 5.11 Å². The van der Waals surface area contributed by atoms with Gasteiger partial charge in [0.05, 0.1) is 0 Å². The quantitative estimate of drug-likeness (QED) is 0.342. The highest BCUT2D eigenvalue weighted by Crippen LogP contribution is 2.66. The summed E-state index contributed by atoms with van der Waals surface area (Å²) in [5, 5.41) is 15.7. The molecule has 1 nitrogen and oxygen atoms in total. The highest BCUT2D eigenvalue weighted by Gasteiger charge is 2.57. The lowest BCUT2D eigenvalue weighted by Crippen LogP contribution is -2.31. The van der Waals surface area contributed by atoms with Crippen LogP contribution in [0.2, 0.25) is 0 Å². The number of phenols is 1. The zero-order chi connectivity index (χ0) is 18.5. The number of aromatic hydroxyl groups is 1. The van der Waals surface area contributed by atoms with Crippen LogP contribution in [0, 0.1) is 11.8 Å².